The number of morpholine rings is 2. The molecule has 5 heterocycles. The van der Waals surface area contributed by atoms with Crippen LogP contribution in [0.1, 0.15) is 18.2 Å². The predicted molar refractivity (Wildman–Crippen MR) is 139 cm³/mol. The van der Waals surface area contributed by atoms with E-state index in [0.29, 0.717) is 5.56 Å². The van der Waals surface area contributed by atoms with Crippen molar-refractivity contribution in [2.24, 2.45) is 0 Å². The van der Waals surface area contributed by atoms with Gasteiger partial charge in [-0.3, -0.25) is 14.9 Å². The summed E-state index contributed by atoms with van der Waals surface area (Å²) in [5.74, 6) is 0. The van der Waals surface area contributed by atoms with Crippen molar-refractivity contribution in [3.8, 4) is 6.07 Å². The van der Waals surface area contributed by atoms with Gasteiger partial charge < -0.3 is 19.3 Å². The molecular formula is C28H32N6O2. The fourth-order valence-corrected chi connectivity index (χ4v) is 6.04. The summed E-state index contributed by atoms with van der Waals surface area (Å²) >= 11 is 0. The average Bonchev–Trinajstić information content (AvgIpc) is 2.87. The molecule has 2 unspecified atom stereocenters. The zero-order valence-corrected chi connectivity index (χ0v) is 20.9. The zero-order chi connectivity index (χ0) is 24.7. The number of nitriles is 1. The predicted octanol–water partition coefficient (Wildman–Crippen LogP) is 2.99. The molecule has 0 amide bonds. The highest BCUT2D eigenvalue weighted by Gasteiger charge is 2.48. The van der Waals surface area contributed by atoms with Crippen LogP contribution in [0.2, 0.25) is 0 Å². The van der Waals surface area contributed by atoms with Gasteiger partial charge in [0.05, 0.1) is 29.9 Å². The number of hydrogen-bond acceptors (Lipinski definition) is 8. The van der Waals surface area contributed by atoms with Crippen molar-refractivity contribution >= 4 is 22.3 Å². The fraction of sp³-hybridized carbons (Fsp3) is 0.464. The number of hydrogen-bond donors (Lipinski definition) is 0. The third kappa shape index (κ3) is 4.39. The van der Waals surface area contributed by atoms with Crippen LogP contribution in [0.25, 0.3) is 10.9 Å². The number of ether oxygens (including phenoxy) is 2. The minimum atomic E-state index is -0.107. The maximum absolute atomic E-state index is 9.51. The first-order chi connectivity index (χ1) is 17.5. The third-order valence-electron chi connectivity index (χ3n) is 7.51. The monoisotopic (exact) mass is 484 g/mol. The summed E-state index contributed by atoms with van der Waals surface area (Å²) in [6.45, 7) is 11.1. The number of likely N-dealkylation sites (tertiary alicyclic amines) is 1. The molecule has 2 atom stereocenters. The SMILES string of the molecule is Cc1cc(N2CCOC3(CN(CC4CN(c5ccc(C#N)c6ncccc56)CC(C)O4)C3)C2)ccn1. The largest absolute Gasteiger partial charge is 0.370 e. The first-order valence-corrected chi connectivity index (χ1v) is 12.7. The quantitative estimate of drug-likeness (QED) is 0.559. The van der Waals surface area contributed by atoms with Gasteiger partial charge in [0, 0.05) is 80.7 Å². The molecule has 3 saturated heterocycles. The highest BCUT2D eigenvalue weighted by Crippen LogP contribution is 2.34. The van der Waals surface area contributed by atoms with E-state index in [2.05, 4.69) is 61.9 Å². The number of rotatable bonds is 4. The van der Waals surface area contributed by atoms with Crippen LogP contribution in [-0.2, 0) is 9.47 Å². The summed E-state index contributed by atoms with van der Waals surface area (Å²) in [4.78, 5) is 16.1. The molecule has 0 saturated carbocycles. The maximum atomic E-state index is 9.51. The van der Waals surface area contributed by atoms with Gasteiger partial charge in [0.25, 0.3) is 0 Å². The number of aryl methyl sites for hydroxylation is 1. The standard InChI is InChI=1S/C28H32N6O2/c1-20-12-23(7-9-30-20)33-10-11-35-28(19-33)17-32(18-28)15-24-16-34(14-21(2)36-24)26-6-5-22(13-29)27-25(26)4-3-8-31-27/h3-9,12,21,24H,10-11,14-19H2,1-2H3. The van der Waals surface area contributed by atoms with E-state index in [-0.39, 0.29) is 17.8 Å². The second-order valence-corrected chi connectivity index (χ2v) is 10.4. The Morgan fingerprint density at radius 1 is 1.08 bits per heavy atom. The Kier molecular flexibility index (Phi) is 6.00. The van der Waals surface area contributed by atoms with E-state index in [0.717, 1.165) is 74.7 Å². The van der Waals surface area contributed by atoms with E-state index in [4.69, 9.17) is 9.47 Å². The minimum absolute atomic E-state index is 0.107. The van der Waals surface area contributed by atoms with E-state index < -0.39 is 0 Å². The smallest absolute Gasteiger partial charge is 0.111 e. The van der Waals surface area contributed by atoms with Gasteiger partial charge in [-0.25, -0.2) is 0 Å². The second kappa shape index (κ2) is 9.32. The third-order valence-corrected chi connectivity index (χ3v) is 7.51. The summed E-state index contributed by atoms with van der Waals surface area (Å²) in [6.07, 6.45) is 3.87. The number of benzene rings is 1. The molecule has 186 valence electrons. The Morgan fingerprint density at radius 3 is 2.81 bits per heavy atom. The lowest BCUT2D eigenvalue weighted by atomic mass is 9.91. The van der Waals surface area contributed by atoms with Gasteiger partial charge in [-0.1, -0.05) is 0 Å². The van der Waals surface area contributed by atoms with Crippen molar-refractivity contribution in [1.29, 1.82) is 5.26 Å². The van der Waals surface area contributed by atoms with Crippen molar-refractivity contribution in [2.75, 3.05) is 62.2 Å². The number of aromatic nitrogens is 2. The number of anilines is 2. The van der Waals surface area contributed by atoms with Crippen molar-refractivity contribution in [2.45, 2.75) is 31.7 Å². The summed E-state index contributed by atoms with van der Waals surface area (Å²) in [7, 11) is 0. The molecule has 8 nitrogen and oxygen atoms in total. The molecule has 1 spiro atoms. The van der Waals surface area contributed by atoms with Crippen LogP contribution in [0.3, 0.4) is 0 Å². The normalized spacial score (nSPS) is 24.0. The number of pyridine rings is 2. The van der Waals surface area contributed by atoms with E-state index in [1.165, 1.54) is 5.69 Å². The lowest BCUT2D eigenvalue weighted by molar-refractivity contribution is -0.161. The first kappa shape index (κ1) is 23.2. The Labute approximate surface area is 212 Å². The summed E-state index contributed by atoms with van der Waals surface area (Å²) in [5.41, 5.74) is 4.67. The van der Waals surface area contributed by atoms with Crippen LogP contribution in [-0.4, -0.2) is 85.1 Å². The van der Waals surface area contributed by atoms with Gasteiger partial charge in [-0.15, -0.1) is 0 Å². The molecule has 0 radical (unpaired) electrons. The number of nitrogens with zero attached hydrogens (tertiary/aromatic N) is 6. The maximum Gasteiger partial charge on any atom is 0.111 e. The minimum Gasteiger partial charge on any atom is -0.370 e. The van der Waals surface area contributed by atoms with Gasteiger partial charge in [0.1, 0.15) is 11.7 Å². The van der Waals surface area contributed by atoms with Crippen molar-refractivity contribution in [3.63, 3.8) is 0 Å². The molecule has 36 heavy (non-hydrogen) atoms. The lowest BCUT2D eigenvalue weighted by Crippen LogP contribution is -2.71. The van der Waals surface area contributed by atoms with Crippen molar-refractivity contribution < 1.29 is 9.47 Å². The van der Waals surface area contributed by atoms with Gasteiger partial charge >= 0.3 is 0 Å². The molecule has 3 aromatic rings. The molecule has 6 rings (SSSR count). The van der Waals surface area contributed by atoms with E-state index in [1.54, 1.807) is 6.20 Å². The van der Waals surface area contributed by atoms with Crippen molar-refractivity contribution in [1.82, 2.24) is 14.9 Å². The molecule has 0 bridgehead atoms. The van der Waals surface area contributed by atoms with Crippen LogP contribution in [0, 0.1) is 18.3 Å². The molecule has 8 heteroatoms. The van der Waals surface area contributed by atoms with E-state index in [9.17, 15) is 5.26 Å². The van der Waals surface area contributed by atoms with Crippen LogP contribution in [0.4, 0.5) is 11.4 Å². The van der Waals surface area contributed by atoms with E-state index in [1.807, 2.05) is 25.3 Å². The summed E-state index contributed by atoms with van der Waals surface area (Å²) < 4.78 is 12.7. The van der Waals surface area contributed by atoms with Gasteiger partial charge in [-0.05, 0) is 50.2 Å². The lowest BCUT2D eigenvalue weighted by Gasteiger charge is -2.55. The van der Waals surface area contributed by atoms with Crippen LogP contribution < -0.4 is 9.80 Å². The summed E-state index contributed by atoms with van der Waals surface area (Å²) in [5, 5.41) is 10.5. The molecule has 3 fully saturated rings. The highest BCUT2D eigenvalue weighted by molar-refractivity contribution is 5.95. The fourth-order valence-electron chi connectivity index (χ4n) is 6.04. The van der Waals surface area contributed by atoms with Crippen LogP contribution in [0.15, 0.2) is 48.8 Å². The van der Waals surface area contributed by atoms with Crippen molar-refractivity contribution in [3.05, 3.63) is 60.0 Å². The van der Waals surface area contributed by atoms with Crippen LogP contribution >= 0.6 is 0 Å². The number of fused-ring (bicyclic) bond motifs is 1. The molecule has 1 aromatic carbocycles. The van der Waals surface area contributed by atoms with Crippen LogP contribution in [0.5, 0.6) is 0 Å². The van der Waals surface area contributed by atoms with Gasteiger partial charge in [-0.2, -0.15) is 5.26 Å². The van der Waals surface area contributed by atoms with Gasteiger partial charge in [0.2, 0.25) is 0 Å². The second-order valence-electron chi connectivity index (χ2n) is 10.4. The molecule has 2 aromatic heterocycles. The Bertz CT molecular complexity index is 1300. The van der Waals surface area contributed by atoms with E-state index >= 15 is 0 Å². The Balaban J connectivity index is 1.12. The first-order valence-electron chi connectivity index (χ1n) is 12.7. The summed E-state index contributed by atoms with van der Waals surface area (Å²) in [6, 6.07) is 14.5. The molecule has 0 N–H and O–H groups in total. The molecule has 3 aliphatic rings. The topological polar surface area (TPSA) is 77.8 Å². The molecule has 0 aliphatic carbocycles. The Hall–Kier alpha value is -3.25. The van der Waals surface area contributed by atoms with Gasteiger partial charge in [0.15, 0.2) is 0 Å². The Morgan fingerprint density at radius 2 is 1.97 bits per heavy atom. The molecular weight excluding hydrogens is 452 g/mol. The highest BCUT2D eigenvalue weighted by atomic mass is 16.5. The zero-order valence-electron chi connectivity index (χ0n) is 20.9. The molecule has 3 aliphatic heterocycles. The average molecular weight is 485 g/mol.